The number of benzene rings is 1. The Morgan fingerprint density at radius 1 is 1.19 bits per heavy atom. The van der Waals surface area contributed by atoms with Gasteiger partial charge in [-0.15, -0.1) is 0 Å². The fourth-order valence-electron chi connectivity index (χ4n) is 2.90. The van der Waals surface area contributed by atoms with Gasteiger partial charge in [0.15, 0.2) is 5.13 Å². The predicted molar refractivity (Wildman–Crippen MR) is 107 cm³/mol. The van der Waals surface area contributed by atoms with Crippen molar-refractivity contribution in [1.82, 2.24) is 19.8 Å². The number of piperazine rings is 1. The van der Waals surface area contributed by atoms with Crippen LogP contribution in [0.1, 0.15) is 9.67 Å². The number of amides is 1. The highest BCUT2D eigenvalue weighted by Gasteiger charge is 2.21. The van der Waals surface area contributed by atoms with Crippen molar-refractivity contribution in [2.45, 2.75) is 4.90 Å². The van der Waals surface area contributed by atoms with Crippen LogP contribution in [0.2, 0.25) is 0 Å². The second-order valence-corrected chi connectivity index (χ2v) is 8.24. The van der Waals surface area contributed by atoms with Crippen LogP contribution >= 0.6 is 23.3 Å². The number of carbonyl (C=O) groups is 1. The molecule has 2 aromatic heterocycles. The first-order chi connectivity index (χ1) is 13.2. The average Bonchev–Trinajstić information content (AvgIpc) is 3.41. The Bertz CT molecular complexity index is 887. The number of aromatic amines is 1. The first kappa shape index (κ1) is 18.1. The molecule has 0 unspecified atom stereocenters. The molecular weight excluding hydrogens is 382 g/mol. The third kappa shape index (κ3) is 4.16. The van der Waals surface area contributed by atoms with Gasteiger partial charge in [-0.05, 0) is 41.8 Å². The molecule has 3 heterocycles. The molecule has 1 saturated heterocycles. The molecule has 0 radical (unpaired) electrons. The second-order valence-electron chi connectivity index (χ2n) is 6.06. The molecular formula is C18H19N5O2S2. The SMILES string of the molecule is O=C(NO)c1cnc(N2CCN(Sc3ccc(-c4ccc[nH]4)cc3)CC2)s1. The van der Waals surface area contributed by atoms with E-state index in [1.165, 1.54) is 28.0 Å². The maximum Gasteiger partial charge on any atom is 0.286 e. The standard InChI is InChI=1S/C18H19N5O2S2/c24-17(21-25)16-12-20-18(26-16)22-8-10-23(11-9-22)27-14-5-3-13(4-6-14)15-2-1-7-19-15/h1-7,12,19,25H,8-11H2,(H,21,24). The van der Waals surface area contributed by atoms with Gasteiger partial charge in [0.1, 0.15) is 4.88 Å². The van der Waals surface area contributed by atoms with Crippen LogP contribution in [0.4, 0.5) is 5.13 Å². The molecule has 3 N–H and O–H groups in total. The van der Waals surface area contributed by atoms with Crippen LogP contribution in [0.15, 0.2) is 53.7 Å². The average molecular weight is 402 g/mol. The lowest BCUT2D eigenvalue weighted by molar-refractivity contribution is 0.0710. The summed E-state index contributed by atoms with van der Waals surface area (Å²) < 4.78 is 2.34. The summed E-state index contributed by atoms with van der Waals surface area (Å²) in [5.74, 6) is -0.518. The van der Waals surface area contributed by atoms with Crippen molar-refractivity contribution in [2.75, 3.05) is 31.1 Å². The van der Waals surface area contributed by atoms with Crippen LogP contribution in [0.25, 0.3) is 11.3 Å². The lowest BCUT2D eigenvalue weighted by Crippen LogP contribution is -2.43. The summed E-state index contributed by atoms with van der Waals surface area (Å²) in [4.78, 5) is 22.8. The van der Waals surface area contributed by atoms with Crippen molar-refractivity contribution in [3.8, 4) is 11.3 Å². The maximum atomic E-state index is 11.4. The molecule has 1 aliphatic rings. The molecule has 9 heteroatoms. The molecule has 0 atom stereocenters. The van der Waals surface area contributed by atoms with E-state index in [0.29, 0.717) is 4.88 Å². The minimum absolute atomic E-state index is 0.409. The summed E-state index contributed by atoms with van der Waals surface area (Å²) in [6, 6.07) is 12.6. The van der Waals surface area contributed by atoms with Gasteiger partial charge in [-0.2, -0.15) is 0 Å². The zero-order valence-electron chi connectivity index (χ0n) is 14.5. The molecule has 0 spiro atoms. The van der Waals surface area contributed by atoms with Crippen LogP contribution in [-0.2, 0) is 0 Å². The van der Waals surface area contributed by atoms with Crippen molar-refractivity contribution in [2.24, 2.45) is 0 Å². The van der Waals surface area contributed by atoms with Gasteiger partial charge in [-0.3, -0.25) is 10.0 Å². The molecule has 0 aliphatic carbocycles. The van der Waals surface area contributed by atoms with E-state index in [9.17, 15) is 4.79 Å². The van der Waals surface area contributed by atoms with E-state index in [-0.39, 0.29) is 0 Å². The van der Waals surface area contributed by atoms with Gasteiger partial charge in [0, 0.05) is 43.0 Å². The zero-order valence-corrected chi connectivity index (χ0v) is 16.1. The summed E-state index contributed by atoms with van der Waals surface area (Å²) in [6.07, 6.45) is 3.43. The smallest absolute Gasteiger partial charge is 0.286 e. The number of nitrogens with one attached hydrogen (secondary N) is 2. The first-order valence-corrected chi connectivity index (χ1v) is 10.1. The van der Waals surface area contributed by atoms with E-state index in [0.717, 1.165) is 37.0 Å². The molecule has 140 valence electrons. The van der Waals surface area contributed by atoms with Crippen molar-refractivity contribution in [3.05, 3.63) is 53.7 Å². The van der Waals surface area contributed by atoms with E-state index in [1.807, 2.05) is 12.3 Å². The highest BCUT2D eigenvalue weighted by Crippen LogP contribution is 2.29. The quantitative estimate of drug-likeness (QED) is 0.346. The van der Waals surface area contributed by atoms with Gasteiger partial charge < -0.3 is 9.88 Å². The van der Waals surface area contributed by atoms with Crippen LogP contribution in [-0.4, -0.2) is 51.6 Å². The minimum atomic E-state index is -0.518. The Morgan fingerprint density at radius 2 is 1.96 bits per heavy atom. The second kappa shape index (κ2) is 8.13. The highest BCUT2D eigenvalue weighted by molar-refractivity contribution is 7.97. The van der Waals surface area contributed by atoms with Gasteiger partial charge in [-0.1, -0.05) is 23.5 Å². The summed E-state index contributed by atoms with van der Waals surface area (Å²) in [5, 5.41) is 9.52. The van der Waals surface area contributed by atoms with Crippen molar-refractivity contribution >= 4 is 34.3 Å². The number of hydrogen-bond acceptors (Lipinski definition) is 7. The van der Waals surface area contributed by atoms with Crippen LogP contribution < -0.4 is 10.4 Å². The predicted octanol–water partition coefficient (Wildman–Crippen LogP) is 3.09. The molecule has 0 bridgehead atoms. The van der Waals surface area contributed by atoms with E-state index in [4.69, 9.17) is 5.21 Å². The lowest BCUT2D eigenvalue weighted by Gasteiger charge is -2.33. The number of hydroxylamine groups is 1. The zero-order chi connectivity index (χ0) is 18.6. The Morgan fingerprint density at radius 3 is 2.63 bits per heavy atom. The Labute approximate surface area is 165 Å². The van der Waals surface area contributed by atoms with Gasteiger partial charge >= 0.3 is 0 Å². The molecule has 0 saturated carbocycles. The molecule has 1 fully saturated rings. The van der Waals surface area contributed by atoms with Gasteiger partial charge in [0.2, 0.25) is 0 Å². The number of thiazole rings is 1. The molecule has 1 aliphatic heterocycles. The normalized spacial score (nSPS) is 15.1. The summed E-state index contributed by atoms with van der Waals surface area (Å²) in [5.41, 5.74) is 3.95. The number of rotatable bonds is 5. The molecule has 3 aromatic rings. The number of anilines is 1. The number of hydrogen-bond donors (Lipinski definition) is 3. The van der Waals surface area contributed by atoms with Crippen LogP contribution in [0, 0.1) is 0 Å². The Hall–Kier alpha value is -2.33. The van der Waals surface area contributed by atoms with Gasteiger partial charge in [0.05, 0.1) is 6.20 Å². The lowest BCUT2D eigenvalue weighted by atomic mass is 10.2. The van der Waals surface area contributed by atoms with Crippen LogP contribution in [0.3, 0.4) is 0 Å². The van der Waals surface area contributed by atoms with E-state index >= 15 is 0 Å². The van der Waals surface area contributed by atoms with E-state index in [2.05, 4.69) is 49.5 Å². The third-order valence-electron chi connectivity index (χ3n) is 4.33. The molecule has 27 heavy (non-hydrogen) atoms. The topological polar surface area (TPSA) is 84.5 Å². The van der Waals surface area contributed by atoms with Crippen molar-refractivity contribution in [3.63, 3.8) is 0 Å². The molecule has 4 rings (SSSR count). The van der Waals surface area contributed by atoms with Crippen molar-refractivity contribution < 1.29 is 10.0 Å². The number of carbonyl (C=O) groups excluding carboxylic acids is 1. The summed E-state index contributed by atoms with van der Waals surface area (Å²) in [6.45, 7) is 3.51. The number of H-pyrrole nitrogens is 1. The summed E-state index contributed by atoms with van der Waals surface area (Å²) >= 11 is 3.06. The summed E-state index contributed by atoms with van der Waals surface area (Å²) in [7, 11) is 0. The molecule has 7 nitrogen and oxygen atoms in total. The fourth-order valence-corrected chi connectivity index (χ4v) is 4.66. The van der Waals surface area contributed by atoms with Crippen LogP contribution in [0.5, 0.6) is 0 Å². The minimum Gasteiger partial charge on any atom is -0.361 e. The van der Waals surface area contributed by atoms with Crippen molar-refractivity contribution in [1.29, 1.82) is 0 Å². The number of aromatic nitrogens is 2. The van der Waals surface area contributed by atoms with Gasteiger partial charge in [0.25, 0.3) is 5.91 Å². The fraction of sp³-hybridized carbons (Fsp3) is 0.222. The first-order valence-electron chi connectivity index (χ1n) is 8.55. The number of nitrogens with zero attached hydrogens (tertiary/aromatic N) is 3. The van der Waals surface area contributed by atoms with Gasteiger partial charge in [-0.25, -0.2) is 14.8 Å². The Kier molecular flexibility index (Phi) is 5.44. The highest BCUT2D eigenvalue weighted by atomic mass is 32.2. The van der Waals surface area contributed by atoms with E-state index < -0.39 is 5.91 Å². The monoisotopic (exact) mass is 401 g/mol. The largest absolute Gasteiger partial charge is 0.361 e. The maximum absolute atomic E-state index is 11.4. The molecule has 1 amide bonds. The third-order valence-corrected chi connectivity index (χ3v) is 6.49. The van der Waals surface area contributed by atoms with E-state index in [1.54, 1.807) is 17.4 Å². The molecule has 1 aromatic carbocycles. The Balaban J connectivity index is 1.31.